The Bertz CT molecular complexity index is 811. The molecule has 0 saturated carbocycles. The average Bonchev–Trinajstić information content (AvgIpc) is 2.68. The fourth-order valence-corrected chi connectivity index (χ4v) is 5.49. The van der Waals surface area contributed by atoms with Gasteiger partial charge >= 0.3 is 0 Å². The maximum absolute atomic E-state index is 13.4. The molecule has 0 spiro atoms. The number of likely N-dealkylation sites (tertiary alicyclic amines) is 1. The van der Waals surface area contributed by atoms with Crippen molar-refractivity contribution in [3.63, 3.8) is 0 Å². The Morgan fingerprint density at radius 3 is 2.67 bits per heavy atom. The Hall–Kier alpha value is -2.08. The highest BCUT2D eigenvalue weighted by Gasteiger charge is 2.48. The highest BCUT2D eigenvalue weighted by atomic mass is 32.2. The predicted molar refractivity (Wildman–Crippen MR) is 101 cm³/mol. The van der Waals surface area contributed by atoms with Gasteiger partial charge in [-0.2, -0.15) is 0 Å². The second-order valence-electron chi connectivity index (χ2n) is 6.56. The van der Waals surface area contributed by atoms with Gasteiger partial charge in [0, 0.05) is 13.0 Å². The molecule has 2 N–H and O–H groups in total. The molecule has 8 heteroatoms. The van der Waals surface area contributed by atoms with Crippen LogP contribution in [0.3, 0.4) is 0 Å². The Labute approximate surface area is 160 Å². The minimum absolute atomic E-state index is 0.139. The molecule has 1 unspecified atom stereocenters. The Morgan fingerprint density at radius 2 is 2.07 bits per heavy atom. The number of piperidine rings is 1. The minimum atomic E-state index is -3.81. The fourth-order valence-electron chi connectivity index (χ4n) is 3.41. The molecular weight excluding hydrogens is 368 g/mol. The lowest BCUT2D eigenvalue weighted by Gasteiger charge is -2.41. The molecule has 148 valence electrons. The van der Waals surface area contributed by atoms with Gasteiger partial charge in [0.2, 0.25) is 5.91 Å². The lowest BCUT2D eigenvalue weighted by atomic mass is 9.93. The van der Waals surface area contributed by atoms with Gasteiger partial charge in [0.15, 0.2) is 9.84 Å². The highest BCUT2D eigenvalue weighted by Crippen LogP contribution is 2.37. The van der Waals surface area contributed by atoms with Gasteiger partial charge in [-0.25, -0.2) is 13.9 Å². The molecule has 1 fully saturated rings. The monoisotopic (exact) mass is 394 g/mol. The molecule has 1 saturated heterocycles. The van der Waals surface area contributed by atoms with Gasteiger partial charge in [0.05, 0.1) is 9.64 Å². The zero-order chi connectivity index (χ0) is 19.9. The molecule has 1 aliphatic heterocycles. The molecule has 0 bridgehead atoms. The Morgan fingerprint density at radius 1 is 1.37 bits per heavy atom. The normalized spacial score (nSPS) is 20.4. The van der Waals surface area contributed by atoms with Gasteiger partial charge in [-0.1, -0.05) is 12.8 Å². The molecule has 27 heavy (non-hydrogen) atoms. The SMILES string of the molecule is CC#CCOc1ccc(S(=O)(=O)C2(CC(=O)NO)CCCN(CC)C2)cc1. The first kappa shape index (κ1) is 21.2. The van der Waals surface area contributed by atoms with Gasteiger partial charge < -0.3 is 9.64 Å². The number of hydrogen-bond donors (Lipinski definition) is 2. The molecule has 0 aliphatic carbocycles. The largest absolute Gasteiger partial charge is 0.481 e. The number of carbonyl (C=O) groups is 1. The summed E-state index contributed by atoms with van der Waals surface area (Å²) in [6.07, 6.45) is 0.749. The van der Waals surface area contributed by atoms with Crippen molar-refractivity contribution in [3.05, 3.63) is 24.3 Å². The van der Waals surface area contributed by atoms with Crippen molar-refractivity contribution in [2.24, 2.45) is 0 Å². The lowest BCUT2D eigenvalue weighted by Crippen LogP contribution is -2.54. The van der Waals surface area contributed by atoms with Crippen LogP contribution in [0.2, 0.25) is 0 Å². The summed E-state index contributed by atoms with van der Waals surface area (Å²) in [4.78, 5) is 14.0. The summed E-state index contributed by atoms with van der Waals surface area (Å²) in [6.45, 7) is 5.65. The number of rotatable bonds is 7. The molecule has 0 aromatic heterocycles. The van der Waals surface area contributed by atoms with Gasteiger partial charge in [0.1, 0.15) is 12.4 Å². The third-order valence-corrected chi connectivity index (χ3v) is 7.38. The summed E-state index contributed by atoms with van der Waals surface area (Å²) in [6, 6.07) is 6.16. The Balaban J connectivity index is 2.35. The van der Waals surface area contributed by atoms with E-state index in [0.717, 1.165) is 6.54 Å². The van der Waals surface area contributed by atoms with E-state index in [1.54, 1.807) is 24.5 Å². The lowest BCUT2D eigenvalue weighted by molar-refractivity contribution is -0.130. The number of amides is 1. The second kappa shape index (κ2) is 9.22. The topological polar surface area (TPSA) is 95.9 Å². The van der Waals surface area contributed by atoms with Crippen LogP contribution in [0.25, 0.3) is 0 Å². The van der Waals surface area contributed by atoms with Crippen molar-refractivity contribution < 1.29 is 23.2 Å². The molecule has 1 atom stereocenters. The van der Waals surface area contributed by atoms with Crippen molar-refractivity contribution in [2.45, 2.75) is 42.8 Å². The molecule has 1 aromatic carbocycles. The van der Waals surface area contributed by atoms with E-state index in [1.807, 2.05) is 11.8 Å². The van der Waals surface area contributed by atoms with Crippen LogP contribution >= 0.6 is 0 Å². The summed E-state index contributed by atoms with van der Waals surface area (Å²) in [5.41, 5.74) is 1.58. The van der Waals surface area contributed by atoms with Gasteiger partial charge in [0.25, 0.3) is 0 Å². The summed E-state index contributed by atoms with van der Waals surface area (Å²) >= 11 is 0. The molecule has 0 radical (unpaired) electrons. The van der Waals surface area contributed by atoms with Gasteiger partial charge in [-0.05, 0) is 57.1 Å². The quantitative estimate of drug-likeness (QED) is 0.414. The predicted octanol–water partition coefficient (Wildman–Crippen LogP) is 1.61. The van der Waals surface area contributed by atoms with E-state index in [0.29, 0.717) is 25.1 Å². The molecule has 1 aromatic rings. The zero-order valence-corrected chi connectivity index (χ0v) is 16.5. The van der Waals surface area contributed by atoms with E-state index in [2.05, 4.69) is 11.8 Å². The molecular formula is C19H26N2O5S. The van der Waals surface area contributed by atoms with E-state index in [1.165, 1.54) is 12.1 Å². The molecule has 2 rings (SSSR count). The van der Waals surface area contributed by atoms with Gasteiger partial charge in [-0.3, -0.25) is 10.0 Å². The van der Waals surface area contributed by atoms with Crippen LogP contribution in [-0.4, -0.2) is 55.4 Å². The van der Waals surface area contributed by atoms with Crippen LogP contribution in [0.5, 0.6) is 5.75 Å². The summed E-state index contributed by atoms with van der Waals surface area (Å²) in [5, 5.41) is 8.94. The number of ether oxygens (including phenoxy) is 1. The van der Waals surface area contributed by atoms with Crippen molar-refractivity contribution in [1.29, 1.82) is 0 Å². The summed E-state index contributed by atoms with van der Waals surface area (Å²) in [7, 11) is -3.81. The van der Waals surface area contributed by atoms with Gasteiger partial charge in [-0.15, -0.1) is 5.92 Å². The smallest absolute Gasteiger partial charge is 0.244 e. The number of nitrogens with zero attached hydrogens (tertiary/aromatic N) is 1. The molecule has 7 nitrogen and oxygen atoms in total. The van der Waals surface area contributed by atoms with Crippen LogP contribution in [0, 0.1) is 11.8 Å². The number of nitrogens with one attached hydrogen (secondary N) is 1. The first-order valence-corrected chi connectivity index (χ1v) is 10.4. The number of benzene rings is 1. The maximum Gasteiger partial charge on any atom is 0.244 e. The standard InChI is InChI=1S/C19H26N2O5S/c1-3-5-13-26-16-7-9-17(10-8-16)27(24,25)19(14-18(22)20-23)11-6-12-21(4-2)15-19/h7-10,23H,4,6,11-15H2,1-2H3,(H,20,22). The fraction of sp³-hybridized carbons (Fsp3) is 0.526. The molecule has 1 amide bonds. The van der Waals surface area contributed by atoms with Crippen molar-refractivity contribution in [2.75, 3.05) is 26.2 Å². The summed E-state index contributed by atoms with van der Waals surface area (Å²) in [5.74, 6) is 5.32. The van der Waals surface area contributed by atoms with E-state index < -0.39 is 20.5 Å². The van der Waals surface area contributed by atoms with Crippen LogP contribution < -0.4 is 10.2 Å². The summed E-state index contributed by atoms with van der Waals surface area (Å²) < 4.78 is 31.0. The number of carbonyl (C=O) groups excluding carboxylic acids is 1. The van der Waals surface area contributed by atoms with Crippen LogP contribution in [0.15, 0.2) is 29.2 Å². The first-order valence-electron chi connectivity index (χ1n) is 8.91. The number of hydroxylamine groups is 1. The van der Waals surface area contributed by atoms with Crippen molar-refractivity contribution in [3.8, 4) is 17.6 Å². The van der Waals surface area contributed by atoms with Crippen LogP contribution in [0.4, 0.5) is 0 Å². The minimum Gasteiger partial charge on any atom is -0.481 e. The van der Waals surface area contributed by atoms with Crippen molar-refractivity contribution >= 4 is 15.7 Å². The van der Waals surface area contributed by atoms with E-state index in [4.69, 9.17) is 9.94 Å². The zero-order valence-electron chi connectivity index (χ0n) is 15.7. The van der Waals surface area contributed by atoms with E-state index in [9.17, 15) is 13.2 Å². The molecule has 1 heterocycles. The van der Waals surface area contributed by atoms with E-state index in [-0.39, 0.29) is 24.5 Å². The maximum atomic E-state index is 13.4. The third-order valence-electron chi connectivity index (χ3n) is 4.87. The highest BCUT2D eigenvalue weighted by molar-refractivity contribution is 7.93. The molecule has 1 aliphatic rings. The van der Waals surface area contributed by atoms with Crippen molar-refractivity contribution in [1.82, 2.24) is 10.4 Å². The van der Waals surface area contributed by atoms with E-state index >= 15 is 0 Å². The number of hydrogen-bond acceptors (Lipinski definition) is 6. The third kappa shape index (κ3) is 4.80. The first-order chi connectivity index (χ1) is 12.9. The number of sulfone groups is 1. The Kier molecular flexibility index (Phi) is 7.25. The van der Waals surface area contributed by atoms with Crippen LogP contribution in [-0.2, 0) is 14.6 Å². The van der Waals surface area contributed by atoms with Crippen LogP contribution in [0.1, 0.15) is 33.1 Å². The second-order valence-corrected chi connectivity index (χ2v) is 8.90. The average molecular weight is 394 g/mol.